The SMILES string of the molecule is CCNC(=NCC1(CCOC)CCCC1)NCCCc1c(C)noc1C. The Morgan fingerprint density at radius 1 is 1.27 bits per heavy atom. The molecule has 1 fully saturated rings. The number of aromatic nitrogens is 1. The van der Waals surface area contributed by atoms with Crippen molar-refractivity contribution in [2.45, 2.75) is 65.7 Å². The van der Waals surface area contributed by atoms with Gasteiger partial charge in [0, 0.05) is 38.9 Å². The van der Waals surface area contributed by atoms with Gasteiger partial charge in [-0.05, 0) is 58.3 Å². The molecule has 6 nitrogen and oxygen atoms in total. The molecule has 148 valence electrons. The molecule has 1 heterocycles. The standard InChI is InChI=1S/C20H36N4O2/c1-5-21-19(22-13-8-9-18-16(2)24-26-17(18)3)23-15-20(12-14-25-4)10-6-7-11-20/h5-15H2,1-4H3,(H2,21,22,23). The number of methoxy groups -OCH3 is 1. The first kappa shape index (κ1) is 20.7. The van der Waals surface area contributed by atoms with Crippen LogP contribution in [-0.4, -0.2) is 44.5 Å². The molecule has 0 spiro atoms. The maximum absolute atomic E-state index is 5.32. The second-order valence-corrected chi connectivity index (χ2v) is 7.48. The van der Waals surface area contributed by atoms with Gasteiger partial charge in [0.05, 0.1) is 5.69 Å². The van der Waals surface area contributed by atoms with Gasteiger partial charge in [0.25, 0.3) is 0 Å². The van der Waals surface area contributed by atoms with Crippen LogP contribution in [-0.2, 0) is 11.2 Å². The van der Waals surface area contributed by atoms with Gasteiger partial charge in [0.1, 0.15) is 5.76 Å². The Kier molecular flexibility index (Phi) is 8.42. The van der Waals surface area contributed by atoms with Gasteiger partial charge in [-0.15, -0.1) is 0 Å². The lowest BCUT2D eigenvalue weighted by Crippen LogP contribution is -2.39. The third kappa shape index (κ3) is 6.01. The predicted molar refractivity (Wildman–Crippen MR) is 106 cm³/mol. The zero-order valence-corrected chi connectivity index (χ0v) is 17.0. The Morgan fingerprint density at radius 3 is 2.65 bits per heavy atom. The fourth-order valence-corrected chi connectivity index (χ4v) is 3.85. The Morgan fingerprint density at radius 2 is 2.04 bits per heavy atom. The zero-order valence-electron chi connectivity index (χ0n) is 17.0. The summed E-state index contributed by atoms with van der Waals surface area (Å²) in [6.45, 7) is 9.58. The van der Waals surface area contributed by atoms with Crippen LogP contribution in [0.25, 0.3) is 0 Å². The van der Waals surface area contributed by atoms with Gasteiger partial charge in [0.15, 0.2) is 5.96 Å². The van der Waals surface area contributed by atoms with Crippen LogP contribution in [0, 0.1) is 19.3 Å². The average Bonchev–Trinajstić information content (AvgIpc) is 3.23. The van der Waals surface area contributed by atoms with Crippen molar-refractivity contribution in [3.8, 4) is 0 Å². The molecule has 0 saturated heterocycles. The summed E-state index contributed by atoms with van der Waals surface area (Å²) in [5.41, 5.74) is 2.57. The van der Waals surface area contributed by atoms with E-state index in [1.54, 1.807) is 7.11 Å². The van der Waals surface area contributed by atoms with E-state index < -0.39 is 0 Å². The fraction of sp³-hybridized carbons (Fsp3) is 0.800. The minimum Gasteiger partial charge on any atom is -0.385 e. The third-order valence-electron chi connectivity index (χ3n) is 5.49. The first-order valence-corrected chi connectivity index (χ1v) is 10.0. The van der Waals surface area contributed by atoms with Crippen molar-refractivity contribution in [1.82, 2.24) is 15.8 Å². The topological polar surface area (TPSA) is 71.7 Å². The van der Waals surface area contributed by atoms with Crippen molar-refractivity contribution in [3.05, 3.63) is 17.0 Å². The highest BCUT2D eigenvalue weighted by atomic mass is 16.5. The van der Waals surface area contributed by atoms with Crippen LogP contribution in [0.2, 0.25) is 0 Å². The molecule has 1 aromatic rings. The molecular formula is C20H36N4O2. The number of nitrogens with one attached hydrogen (secondary N) is 2. The van der Waals surface area contributed by atoms with Crippen LogP contribution in [0.15, 0.2) is 9.52 Å². The Labute approximate surface area is 158 Å². The normalized spacial score (nSPS) is 16.8. The van der Waals surface area contributed by atoms with E-state index in [-0.39, 0.29) is 0 Å². The highest BCUT2D eigenvalue weighted by Crippen LogP contribution is 2.41. The second kappa shape index (κ2) is 10.6. The predicted octanol–water partition coefficient (Wildman–Crippen LogP) is 3.38. The van der Waals surface area contributed by atoms with E-state index in [0.29, 0.717) is 5.41 Å². The van der Waals surface area contributed by atoms with Gasteiger partial charge in [-0.2, -0.15) is 0 Å². The van der Waals surface area contributed by atoms with Gasteiger partial charge in [-0.1, -0.05) is 18.0 Å². The first-order chi connectivity index (χ1) is 12.6. The molecule has 0 aliphatic heterocycles. The second-order valence-electron chi connectivity index (χ2n) is 7.48. The number of ether oxygens (including phenoxy) is 1. The van der Waals surface area contributed by atoms with E-state index in [0.717, 1.165) is 62.9 Å². The van der Waals surface area contributed by atoms with Gasteiger partial charge < -0.3 is 19.9 Å². The van der Waals surface area contributed by atoms with E-state index in [1.165, 1.54) is 31.2 Å². The van der Waals surface area contributed by atoms with Crippen molar-refractivity contribution in [1.29, 1.82) is 0 Å². The molecule has 0 amide bonds. The lowest BCUT2D eigenvalue weighted by Gasteiger charge is -2.27. The number of hydrogen-bond acceptors (Lipinski definition) is 4. The van der Waals surface area contributed by atoms with E-state index >= 15 is 0 Å². The van der Waals surface area contributed by atoms with Gasteiger partial charge in [-0.3, -0.25) is 4.99 Å². The summed E-state index contributed by atoms with van der Waals surface area (Å²) in [6, 6.07) is 0. The van der Waals surface area contributed by atoms with Crippen molar-refractivity contribution >= 4 is 5.96 Å². The zero-order chi connectivity index (χ0) is 18.8. The van der Waals surface area contributed by atoms with E-state index in [9.17, 15) is 0 Å². The highest BCUT2D eigenvalue weighted by molar-refractivity contribution is 5.79. The number of aliphatic imine (C=N–C) groups is 1. The number of guanidine groups is 1. The largest absolute Gasteiger partial charge is 0.385 e. The van der Waals surface area contributed by atoms with Gasteiger partial charge in [0.2, 0.25) is 0 Å². The summed E-state index contributed by atoms with van der Waals surface area (Å²) in [4.78, 5) is 4.90. The summed E-state index contributed by atoms with van der Waals surface area (Å²) in [5, 5.41) is 10.9. The number of hydrogen-bond donors (Lipinski definition) is 2. The maximum atomic E-state index is 5.32. The summed E-state index contributed by atoms with van der Waals surface area (Å²) < 4.78 is 10.6. The van der Waals surface area contributed by atoms with E-state index in [1.807, 2.05) is 13.8 Å². The molecule has 1 saturated carbocycles. The van der Waals surface area contributed by atoms with Gasteiger partial charge in [-0.25, -0.2) is 0 Å². The van der Waals surface area contributed by atoms with Crippen LogP contribution in [0.4, 0.5) is 0 Å². The van der Waals surface area contributed by atoms with Crippen LogP contribution in [0.1, 0.15) is 62.5 Å². The van der Waals surface area contributed by atoms with Crippen molar-refractivity contribution in [3.63, 3.8) is 0 Å². The van der Waals surface area contributed by atoms with Crippen LogP contribution >= 0.6 is 0 Å². The lowest BCUT2D eigenvalue weighted by atomic mass is 9.83. The first-order valence-electron chi connectivity index (χ1n) is 10.0. The Bertz CT molecular complexity index is 543. The molecule has 0 unspecified atom stereocenters. The molecule has 1 aromatic heterocycles. The van der Waals surface area contributed by atoms with Crippen LogP contribution in [0.3, 0.4) is 0 Å². The monoisotopic (exact) mass is 364 g/mol. The number of rotatable bonds is 10. The Hall–Kier alpha value is -1.56. The van der Waals surface area contributed by atoms with Crippen LogP contribution in [0.5, 0.6) is 0 Å². The molecule has 1 aliphatic rings. The van der Waals surface area contributed by atoms with E-state index in [4.69, 9.17) is 14.3 Å². The minimum absolute atomic E-state index is 0.328. The molecule has 2 N–H and O–H groups in total. The third-order valence-corrected chi connectivity index (χ3v) is 5.49. The maximum Gasteiger partial charge on any atom is 0.191 e. The molecule has 6 heteroatoms. The summed E-state index contributed by atoms with van der Waals surface area (Å²) >= 11 is 0. The van der Waals surface area contributed by atoms with E-state index in [2.05, 4.69) is 22.7 Å². The molecule has 0 bridgehead atoms. The summed E-state index contributed by atoms with van der Waals surface area (Å²) in [5.74, 6) is 1.86. The molecule has 0 atom stereocenters. The summed E-state index contributed by atoms with van der Waals surface area (Å²) in [6.07, 6.45) is 8.30. The van der Waals surface area contributed by atoms with Gasteiger partial charge >= 0.3 is 0 Å². The lowest BCUT2D eigenvalue weighted by molar-refractivity contribution is 0.141. The highest BCUT2D eigenvalue weighted by Gasteiger charge is 2.33. The van der Waals surface area contributed by atoms with Crippen molar-refractivity contribution in [2.75, 3.05) is 33.4 Å². The van der Waals surface area contributed by atoms with Crippen molar-refractivity contribution < 1.29 is 9.26 Å². The molecule has 0 aromatic carbocycles. The number of nitrogens with zero attached hydrogens (tertiary/aromatic N) is 2. The molecular weight excluding hydrogens is 328 g/mol. The fourth-order valence-electron chi connectivity index (χ4n) is 3.85. The molecule has 0 radical (unpaired) electrons. The average molecular weight is 365 g/mol. The molecule has 2 rings (SSSR count). The van der Waals surface area contributed by atoms with Crippen molar-refractivity contribution in [2.24, 2.45) is 10.4 Å². The molecule has 26 heavy (non-hydrogen) atoms. The molecule has 1 aliphatic carbocycles. The minimum atomic E-state index is 0.328. The Balaban J connectivity index is 1.83. The quantitative estimate of drug-likeness (QED) is 0.378. The summed E-state index contributed by atoms with van der Waals surface area (Å²) in [7, 11) is 1.79. The van der Waals surface area contributed by atoms with Crippen LogP contribution < -0.4 is 10.6 Å². The smallest absolute Gasteiger partial charge is 0.191 e. The number of aryl methyl sites for hydroxylation is 2.